The van der Waals surface area contributed by atoms with Crippen LogP contribution >= 0.6 is 0 Å². The van der Waals surface area contributed by atoms with Crippen LogP contribution in [0.2, 0.25) is 0 Å². The molecular weight excluding hydrogens is 504 g/mol. The summed E-state index contributed by atoms with van der Waals surface area (Å²) in [6.45, 7) is 1.48. The number of aromatic nitrogens is 4. The van der Waals surface area contributed by atoms with Crippen molar-refractivity contribution < 1.29 is 39.3 Å². The Bertz CT molecular complexity index is 1340. The number of anilines is 3. The Kier molecular flexibility index (Phi) is 7.51. The van der Waals surface area contributed by atoms with E-state index in [-0.39, 0.29) is 46.5 Å². The lowest BCUT2D eigenvalue weighted by Gasteiger charge is -2.18. The van der Waals surface area contributed by atoms with Crippen molar-refractivity contribution in [3.63, 3.8) is 0 Å². The van der Waals surface area contributed by atoms with E-state index in [0.717, 1.165) is 12.8 Å². The van der Waals surface area contributed by atoms with Crippen LogP contribution in [0.1, 0.15) is 42.1 Å². The van der Waals surface area contributed by atoms with Gasteiger partial charge >= 0.3 is 6.10 Å². The standard InChI is InChI=1S/C22H26N8O8/c1-9(31)15(23)18-26-21(38-30-18)11-4-3-5-12(17(11)37-2)24-13-8-14(25-19(32)10-6-7-10)28-29-16(13)20(33)27-22(34,35)36/h3-5,8-10,15,31,34-36H,6-7,23H2,1-2H3,(H,27,33)(H2,24,25,28,32). The van der Waals surface area contributed by atoms with Crippen LogP contribution in [-0.2, 0) is 4.79 Å². The van der Waals surface area contributed by atoms with Crippen LogP contribution in [0.15, 0.2) is 28.8 Å². The van der Waals surface area contributed by atoms with Gasteiger partial charge < -0.3 is 46.1 Å². The number of hydrogen-bond acceptors (Lipinski definition) is 14. The first kappa shape index (κ1) is 26.8. The van der Waals surface area contributed by atoms with Crippen molar-refractivity contribution >= 4 is 29.0 Å². The Morgan fingerprint density at radius 1 is 1.21 bits per heavy atom. The average molecular weight is 530 g/mol. The topological polar surface area (TPSA) is 251 Å². The zero-order chi connectivity index (χ0) is 27.6. The predicted octanol–water partition coefficient (Wildman–Crippen LogP) is -0.674. The van der Waals surface area contributed by atoms with Gasteiger partial charge in [0.1, 0.15) is 0 Å². The summed E-state index contributed by atoms with van der Waals surface area (Å²) < 4.78 is 10.8. The van der Waals surface area contributed by atoms with E-state index in [1.165, 1.54) is 25.4 Å². The maximum absolute atomic E-state index is 12.6. The minimum atomic E-state index is -3.52. The van der Waals surface area contributed by atoms with Crippen LogP contribution in [0.5, 0.6) is 5.75 Å². The molecule has 9 N–H and O–H groups in total. The second kappa shape index (κ2) is 10.6. The molecule has 0 aliphatic heterocycles. The Hall–Kier alpha value is -4.22. The number of aliphatic hydroxyl groups excluding tert-OH is 1. The molecule has 16 nitrogen and oxygen atoms in total. The van der Waals surface area contributed by atoms with E-state index < -0.39 is 29.8 Å². The number of carbonyl (C=O) groups excluding carboxylic acids is 2. The van der Waals surface area contributed by atoms with E-state index in [9.17, 15) is 30.0 Å². The molecule has 2 heterocycles. The monoisotopic (exact) mass is 530 g/mol. The van der Waals surface area contributed by atoms with Gasteiger partial charge in [0.2, 0.25) is 5.91 Å². The third kappa shape index (κ3) is 6.18. The summed E-state index contributed by atoms with van der Waals surface area (Å²) >= 11 is 0. The molecule has 1 aliphatic rings. The number of nitrogens with zero attached hydrogens (tertiary/aromatic N) is 4. The Morgan fingerprint density at radius 2 is 1.95 bits per heavy atom. The number of amides is 2. The highest BCUT2D eigenvalue weighted by Gasteiger charge is 2.31. The van der Waals surface area contributed by atoms with Gasteiger partial charge in [-0.15, -0.1) is 10.2 Å². The molecule has 0 spiro atoms. The summed E-state index contributed by atoms with van der Waals surface area (Å²) in [6, 6.07) is 5.23. The van der Waals surface area contributed by atoms with Crippen molar-refractivity contribution in [1.29, 1.82) is 0 Å². The summed E-state index contributed by atoms with van der Waals surface area (Å²) in [5, 5.41) is 55.7. The van der Waals surface area contributed by atoms with E-state index in [1.807, 2.05) is 0 Å². The average Bonchev–Trinajstić information content (AvgIpc) is 3.59. The molecule has 38 heavy (non-hydrogen) atoms. The summed E-state index contributed by atoms with van der Waals surface area (Å²) in [6.07, 6.45) is -2.95. The van der Waals surface area contributed by atoms with Crippen molar-refractivity contribution in [2.45, 2.75) is 38.0 Å². The molecule has 2 amide bonds. The van der Waals surface area contributed by atoms with Crippen LogP contribution in [0.4, 0.5) is 17.2 Å². The maximum Gasteiger partial charge on any atom is 0.369 e. The molecule has 1 saturated carbocycles. The lowest BCUT2D eigenvalue weighted by Crippen LogP contribution is -2.48. The van der Waals surface area contributed by atoms with Crippen LogP contribution in [0.3, 0.4) is 0 Å². The first-order valence-corrected chi connectivity index (χ1v) is 11.4. The fourth-order valence-electron chi connectivity index (χ4n) is 3.37. The van der Waals surface area contributed by atoms with Gasteiger partial charge in [-0.3, -0.25) is 14.9 Å². The lowest BCUT2D eigenvalue weighted by molar-refractivity contribution is -0.323. The quantitative estimate of drug-likeness (QED) is 0.151. The Labute approximate surface area is 214 Å². The number of rotatable bonds is 10. The number of hydrogen-bond donors (Lipinski definition) is 8. The minimum Gasteiger partial charge on any atom is -0.494 e. The van der Waals surface area contributed by atoms with E-state index in [0.29, 0.717) is 5.56 Å². The maximum atomic E-state index is 12.6. The smallest absolute Gasteiger partial charge is 0.369 e. The molecule has 4 rings (SSSR count). The molecule has 1 aromatic carbocycles. The molecule has 2 atom stereocenters. The lowest BCUT2D eigenvalue weighted by atomic mass is 10.1. The molecule has 2 aromatic heterocycles. The third-order valence-electron chi connectivity index (χ3n) is 5.47. The second-order valence-corrected chi connectivity index (χ2v) is 8.58. The van der Waals surface area contributed by atoms with Gasteiger partial charge in [0.25, 0.3) is 11.8 Å². The number of nitrogens with one attached hydrogen (secondary N) is 3. The fraction of sp³-hybridized carbons (Fsp3) is 0.364. The molecule has 0 bridgehead atoms. The van der Waals surface area contributed by atoms with Crippen LogP contribution in [-0.4, -0.2) is 71.9 Å². The van der Waals surface area contributed by atoms with Gasteiger partial charge in [-0.2, -0.15) is 4.98 Å². The zero-order valence-electron chi connectivity index (χ0n) is 20.2. The Morgan fingerprint density at radius 3 is 2.58 bits per heavy atom. The number of para-hydroxylation sites is 1. The van der Waals surface area contributed by atoms with Crippen molar-refractivity contribution in [2.24, 2.45) is 11.7 Å². The number of aliphatic hydroxyl groups is 4. The second-order valence-electron chi connectivity index (χ2n) is 8.58. The normalized spacial score (nSPS) is 14.9. The highest BCUT2D eigenvalue weighted by molar-refractivity contribution is 6.00. The molecular formula is C22H26N8O8. The highest BCUT2D eigenvalue weighted by Crippen LogP contribution is 2.38. The van der Waals surface area contributed by atoms with E-state index in [4.69, 9.17) is 15.0 Å². The van der Waals surface area contributed by atoms with Gasteiger partial charge in [-0.25, -0.2) is 0 Å². The van der Waals surface area contributed by atoms with Crippen molar-refractivity contribution in [3.8, 4) is 17.2 Å². The molecule has 16 heteroatoms. The molecule has 2 unspecified atom stereocenters. The highest BCUT2D eigenvalue weighted by atomic mass is 16.7. The van der Waals surface area contributed by atoms with E-state index in [2.05, 4.69) is 31.0 Å². The summed E-state index contributed by atoms with van der Waals surface area (Å²) in [4.78, 5) is 29.0. The van der Waals surface area contributed by atoms with Crippen molar-refractivity contribution in [2.75, 3.05) is 17.7 Å². The number of nitrogens with two attached hydrogens (primary N) is 1. The number of carbonyl (C=O) groups is 2. The largest absolute Gasteiger partial charge is 0.494 e. The summed E-state index contributed by atoms with van der Waals surface area (Å²) in [7, 11) is 1.38. The van der Waals surface area contributed by atoms with E-state index >= 15 is 0 Å². The number of methoxy groups -OCH3 is 1. The minimum absolute atomic E-state index is 0.0213. The first-order chi connectivity index (χ1) is 18.0. The molecule has 3 aromatic rings. The predicted molar refractivity (Wildman–Crippen MR) is 128 cm³/mol. The molecule has 0 saturated heterocycles. The SMILES string of the molecule is COc1c(Nc2cc(NC(=O)C3CC3)nnc2C(=O)NC(O)(O)O)cccc1-c1nc(C(N)C(C)O)no1. The van der Waals surface area contributed by atoms with Crippen LogP contribution in [0.25, 0.3) is 11.5 Å². The van der Waals surface area contributed by atoms with Gasteiger partial charge in [0.05, 0.1) is 36.2 Å². The Balaban J connectivity index is 1.71. The van der Waals surface area contributed by atoms with E-state index in [1.54, 1.807) is 18.2 Å². The van der Waals surface area contributed by atoms with Crippen molar-refractivity contribution in [1.82, 2.24) is 25.7 Å². The molecule has 1 aliphatic carbocycles. The molecule has 202 valence electrons. The third-order valence-corrected chi connectivity index (χ3v) is 5.47. The molecule has 1 fully saturated rings. The number of ether oxygens (including phenoxy) is 1. The summed E-state index contributed by atoms with van der Waals surface area (Å²) in [5.74, 6) is -1.27. The van der Waals surface area contributed by atoms with Crippen LogP contribution in [0, 0.1) is 5.92 Å². The zero-order valence-corrected chi connectivity index (χ0v) is 20.2. The summed E-state index contributed by atoms with van der Waals surface area (Å²) in [5.41, 5.74) is 6.00. The molecule has 0 radical (unpaired) electrons. The van der Waals surface area contributed by atoms with Gasteiger partial charge in [-0.05, 0) is 31.9 Å². The first-order valence-electron chi connectivity index (χ1n) is 11.4. The van der Waals surface area contributed by atoms with Gasteiger partial charge in [0.15, 0.2) is 23.1 Å². The van der Waals surface area contributed by atoms with Crippen molar-refractivity contribution in [3.05, 3.63) is 35.8 Å². The fourth-order valence-corrected chi connectivity index (χ4v) is 3.37. The van der Waals surface area contributed by atoms with Crippen LogP contribution < -0.4 is 26.4 Å². The van der Waals surface area contributed by atoms with Gasteiger partial charge in [-0.1, -0.05) is 11.2 Å². The number of benzene rings is 1. The van der Waals surface area contributed by atoms with Gasteiger partial charge in [0, 0.05) is 12.0 Å².